The molecule has 1 N–H and O–H groups in total. The van der Waals surface area contributed by atoms with Crippen LogP contribution in [0.4, 0.5) is 0 Å². The van der Waals surface area contributed by atoms with Crippen LogP contribution in [0.1, 0.15) is 33.3 Å². The van der Waals surface area contributed by atoms with Gasteiger partial charge in [-0.2, -0.15) is 0 Å². The summed E-state index contributed by atoms with van der Waals surface area (Å²) in [5.74, 6) is 1.83. The monoisotopic (exact) mass is 607 g/mol. The third kappa shape index (κ3) is 5.73. The number of ether oxygens (including phenoxy) is 1. The molecule has 0 unspecified atom stereocenters. The van der Waals surface area contributed by atoms with Crippen molar-refractivity contribution in [1.82, 2.24) is 4.98 Å². The zero-order chi connectivity index (χ0) is 22.5. The van der Waals surface area contributed by atoms with E-state index < -0.39 is 0 Å². The minimum atomic E-state index is -0.0316. The Bertz CT molecular complexity index is 1120. The molecule has 1 aliphatic rings. The third-order valence-electron chi connectivity index (χ3n) is 5.04. The average molecular weight is 607 g/mol. The summed E-state index contributed by atoms with van der Waals surface area (Å²) < 4.78 is 6.07. The first kappa shape index (κ1) is 25.5. The summed E-state index contributed by atoms with van der Waals surface area (Å²) >= 11 is 0. The summed E-state index contributed by atoms with van der Waals surface area (Å²) in [4.78, 5) is 15.6. The standard InChI is InChI=1S/C18H12NO.C9H16O2.Ir/c1-12-10-11-19-18-14-7-3-5-9-16(14)20-15-8-4-2-6-13(15)17(12)18;1-6(2)8(10)5-9(11)7(3)4;/h2-6,8-11H,1H3;5-7,10H,1-4H3;/q-1;;. The van der Waals surface area contributed by atoms with E-state index in [9.17, 15) is 9.90 Å². The third-order valence-corrected chi connectivity index (χ3v) is 5.04. The molecule has 2 heterocycles. The van der Waals surface area contributed by atoms with E-state index in [1.54, 1.807) is 0 Å². The molecule has 169 valence electrons. The molecule has 0 bridgehead atoms. The maximum Gasteiger partial charge on any atom is 0.161 e. The van der Waals surface area contributed by atoms with Gasteiger partial charge in [-0.1, -0.05) is 51.5 Å². The van der Waals surface area contributed by atoms with Gasteiger partial charge in [-0.25, -0.2) is 0 Å². The second-order valence-corrected chi connectivity index (χ2v) is 8.14. The van der Waals surface area contributed by atoms with Crippen LogP contribution in [0.5, 0.6) is 11.5 Å². The summed E-state index contributed by atoms with van der Waals surface area (Å²) in [6, 6.07) is 19.2. The number of nitrogens with zero attached hydrogens (tertiary/aromatic N) is 1. The first-order valence-corrected chi connectivity index (χ1v) is 10.5. The van der Waals surface area contributed by atoms with E-state index in [1.165, 1.54) is 11.6 Å². The number of aryl methyl sites for hydroxylation is 1. The molecule has 3 aromatic rings. The minimum absolute atomic E-state index is 0. The van der Waals surface area contributed by atoms with Crippen LogP contribution < -0.4 is 4.74 Å². The number of hydrogen-bond donors (Lipinski definition) is 1. The van der Waals surface area contributed by atoms with Gasteiger partial charge in [-0.3, -0.25) is 4.79 Å². The fourth-order valence-electron chi connectivity index (χ4n) is 3.14. The normalized spacial score (nSPS) is 11.7. The Morgan fingerprint density at radius 2 is 1.72 bits per heavy atom. The number of carbonyl (C=O) groups excluding carboxylic acids is 1. The molecular formula is C27H28IrNO3-. The molecule has 0 amide bonds. The Balaban J connectivity index is 0.000000263. The molecule has 0 saturated carbocycles. The van der Waals surface area contributed by atoms with Gasteiger partial charge >= 0.3 is 0 Å². The fraction of sp³-hybridized carbons (Fsp3) is 0.259. The van der Waals surface area contributed by atoms with Gasteiger partial charge in [0.2, 0.25) is 0 Å². The molecule has 0 atom stereocenters. The summed E-state index contributed by atoms with van der Waals surface area (Å²) in [5, 5.41) is 9.19. The number of carbonyl (C=O) groups is 1. The largest absolute Gasteiger partial charge is 0.512 e. The molecule has 1 aliphatic heterocycles. The molecule has 4 rings (SSSR count). The Hall–Kier alpha value is -2.75. The van der Waals surface area contributed by atoms with Crippen molar-refractivity contribution in [1.29, 1.82) is 0 Å². The zero-order valence-electron chi connectivity index (χ0n) is 19.0. The number of aliphatic hydroxyl groups is 1. The van der Waals surface area contributed by atoms with Gasteiger partial charge in [-0.15, -0.1) is 24.3 Å². The number of allylic oxidation sites excluding steroid dienone is 2. The molecule has 0 saturated heterocycles. The quantitative estimate of drug-likeness (QED) is 0.156. The summed E-state index contributed by atoms with van der Waals surface area (Å²) in [5.41, 5.74) is 5.26. The van der Waals surface area contributed by atoms with Crippen LogP contribution in [0.3, 0.4) is 0 Å². The smallest absolute Gasteiger partial charge is 0.161 e. The maximum absolute atomic E-state index is 11.0. The number of benzene rings is 2. The Morgan fingerprint density at radius 1 is 1.03 bits per heavy atom. The van der Waals surface area contributed by atoms with Crippen molar-refractivity contribution in [2.75, 3.05) is 0 Å². The van der Waals surface area contributed by atoms with Gasteiger partial charge in [0.05, 0.1) is 5.76 Å². The number of pyridine rings is 1. The molecule has 1 aromatic heterocycles. The molecule has 0 aliphatic carbocycles. The molecule has 4 nitrogen and oxygen atoms in total. The number of rotatable bonds is 3. The van der Waals surface area contributed by atoms with Gasteiger partial charge in [0, 0.05) is 55.5 Å². The van der Waals surface area contributed by atoms with E-state index in [0.717, 1.165) is 33.9 Å². The molecule has 32 heavy (non-hydrogen) atoms. The summed E-state index contributed by atoms with van der Waals surface area (Å²) in [6.45, 7) is 9.42. The van der Waals surface area contributed by atoms with Crippen molar-refractivity contribution in [2.24, 2.45) is 11.8 Å². The van der Waals surface area contributed by atoms with Gasteiger partial charge < -0.3 is 14.8 Å². The van der Waals surface area contributed by atoms with E-state index in [0.29, 0.717) is 0 Å². The number of hydrogen-bond acceptors (Lipinski definition) is 4. The van der Waals surface area contributed by atoms with E-state index in [1.807, 2.05) is 76.4 Å². The minimum Gasteiger partial charge on any atom is -0.512 e. The van der Waals surface area contributed by atoms with Crippen LogP contribution >= 0.6 is 0 Å². The van der Waals surface area contributed by atoms with Crippen LogP contribution in [0.15, 0.2) is 66.6 Å². The number of aliphatic hydroxyl groups excluding tert-OH is 1. The van der Waals surface area contributed by atoms with Crippen molar-refractivity contribution in [3.8, 4) is 33.9 Å². The van der Waals surface area contributed by atoms with Crippen LogP contribution in [0.25, 0.3) is 22.4 Å². The molecule has 0 fully saturated rings. The topological polar surface area (TPSA) is 59.4 Å². The number of para-hydroxylation sites is 1. The van der Waals surface area contributed by atoms with Crippen molar-refractivity contribution in [3.05, 3.63) is 78.2 Å². The Kier molecular flexibility index (Phi) is 8.94. The van der Waals surface area contributed by atoms with Crippen molar-refractivity contribution < 1.29 is 34.7 Å². The molecule has 1 radical (unpaired) electrons. The second kappa shape index (κ2) is 11.2. The van der Waals surface area contributed by atoms with Crippen molar-refractivity contribution >= 4 is 5.78 Å². The van der Waals surface area contributed by atoms with E-state index in [2.05, 4.69) is 24.0 Å². The first-order valence-electron chi connectivity index (χ1n) is 10.5. The predicted molar refractivity (Wildman–Crippen MR) is 124 cm³/mol. The molecule has 0 spiro atoms. The maximum atomic E-state index is 11.0. The average Bonchev–Trinajstić information content (AvgIpc) is 2.89. The van der Waals surface area contributed by atoms with Crippen molar-refractivity contribution in [2.45, 2.75) is 34.6 Å². The van der Waals surface area contributed by atoms with Crippen LogP contribution in [-0.2, 0) is 24.9 Å². The van der Waals surface area contributed by atoms with E-state index in [-0.39, 0.29) is 43.5 Å². The van der Waals surface area contributed by atoms with Gasteiger partial charge in [0.25, 0.3) is 0 Å². The molecule has 5 heteroatoms. The fourth-order valence-corrected chi connectivity index (χ4v) is 3.14. The molecule has 2 aromatic carbocycles. The Labute approximate surface area is 203 Å². The zero-order valence-corrected chi connectivity index (χ0v) is 21.4. The van der Waals surface area contributed by atoms with Crippen LogP contribution in [0.2, 0.25) is 0 Å². The summed E-state index contributed by atoms with van der Waals surface area (Å²) in [6.07, 6.45) is 3.15. The Morgan fingerprint density at radius 3 is 2.41 bits per heavy atom. The SMILES string of the molecule is CC(C)C(=O)C=C(O)C(C)C.Cc1ccnc2c1-c1ccccc1Oc1ccc[c-]c1-2.[Ir]. The van der Waals surface area contributed by atoms with Crippen LogP contribution in [0, 0.1) is 24.8 Å². The van der Waals surface area contributed by atoms with Gasteiger partial charge in [0.15, 0.2) is 5.78 Å². The number of aromatic nitrogens is 1. The van der Waals surface area contributed by atoms with E-state index >= 15 is 0 Å². The van der Waals surface area contributed by atoms with Crippen molar-refractivity contribution in [3.63, 3.8) is 0 Å². The summed E-state index contributed by atoms with van der Waals surface area (Å²) in [7, 11) is 0. The number of ketones is 1. The van der Waals surface area contributed by atoms with Crippen LogP contribution in [-0.4, -0.2) is 15.9 Å². The second-order valence-electron chi connectivity index (χ2n) is 8.14. The molecular weight excluding hydrogens is 579 g/mol. The predicted octanol–water partition coefficient (Wildman–Crippen LogP) is 6.94. The number of fused-ring (bicyclic) bond motifs is 5. The van der Waals surface area contributed by atoms with Gasteiger partial charge in [-0.05, 0) is 35.9 Å². The first-order chi connectivity index (χ1) is 14.8. The van der Waals surface area contributed by atoms with Gasteiger partial charge in [0.1, 0.15) is 5.75 Å². The van der Waals surface area contributed by atoms with E-state index in [4.69, 9.17) is 4.74 Å².